The zero-order valence-electron chi connectivity index (χ0n) is 18.9. The van der Waals surface area contributed by atoms with Gasteiger partial charge in [0.25, 0.3) is 5.91 Å². The minimum atomic E-state index is -0.301. The molecule has 0 unspecified atom stereocenters. The molecule has 5 aromatic rings. The summed E-state index contributed by atoms with van der Waals surface area (Å²) in [6, 6.07) is 23.4. The molecule has 5 rings (SSSR count). The third-order valence-electron chi connectivity index (χ3n) is 5.99. The van der Waals surface area contributed by atoms with Crippen molar-refractivity contribution in [3.05, 3.63) is 108 Å². The van der Waals surface area contributed by atoms with Gasteiger partial charge in [0.2, 0.25) is 0 Å². The van der Waals surface area contributed by atoms with Gasteiger partial charge in [-0.25, -0.2) is 9.37 Å². The van der Waals surface area contributed by atoms with Crippen LogP contribution in [-0.2, 0) is 7.05 Å². The van der Waals surface area contributed by atoms with Crippen molar-refractivity contribution in [2.45, 2.75) is 13.0 Å². The highest BCUT2D eigenvalue weighted by molar-refractivity contribution is 5.95. The quantitative estimate of drug-likeness (QED) is 0.361. The number of carbonyl (C=O) groups excluding carboxylic acids is 1. The Labute approximate surface area is 196 Å². The first-order valence-electron chi connectivity index (χ1n) is 11.0. The fraction of sp³-hybridized carbons (Fsp3) is 0.107. The Morgan fingerprint density at radius 2 is 1.68 bits per heavy atom. The van der Waals surface area contributed by atoms with E-state index in [-0.39, 0.29) is 17.8 Å². The Bertz CT molecular complexity index is 1490. The van der Waals surface area contributed by atoms with Crippen molar-refractivity contribution in [2.75, 3.05) is 0 Å². The zero-order chi connectivity index (χ0) is 23.7. The summed E-state index contributed by atoms with van der Waals surface area (Å²) in [7, 11) is 1.94. The summed E-state index contributed by atoms with van der Waals surface area (Å²) in [4.78, 5) is 22.1. The van der Waals surface area contributed by atoms with Crippen molar-refractivity contribution < 1.29 is 9.18 Å². The lowest BCUT2D eigenvalue weighted by Gasteiger charge is -2.15. The molecule has 168 valence electrons. The van der Waals surface area contributed by atoms with Gasteiger partial charge in [0.15, 0.2) is 5.82 Å². The first-order valence-corrected chi connectivity index (χ1v) is 11.0. The van der Waals surface area contributed by atoms with Crippen LogP contribution in [0.15, 0.2) is 91.3 Å². The fourth-order valence-electron chi connectivity index (χ4n) is 4.06. The predicted octanol–water partition coefficient (Wildman–Crippen LogP) is 5.93. The lowest BCUT2D eigenvalue weighted by atomic mass is 10.1. The summed E-state index contributed by atoms with van der Waals surface area (Å²) in [5, 5.41) is 5.16. The fourth-order valence-corrected chi connectivity index (χ4v) is 4.06. The molecule has 2 aromatic heterocycles. The van der Waals surface area contributed by atoms with Crippen molar-refractivity contribution in [1.29, 1.82) is 0 Å². The number of amides is 1. The van der Waals surface area contributed by atoms with Gasteiger partial charge in [0, 0.05) is 29.8 Å². The van der Waals surface area contributed by atoms with E-state index in [1.165, 1.54) is 12.1 Å². The van der Waals surface area contributed by atoms with Gasteiger partial charge in [-0.3, -0.25) is 9.78 Å². The van der Waals surface area contributed by atoms with Gasteiger partial charge in [0.05, 0.1) is 17.9 Å². The number of nitrogens with zero attached hydrogens (tertiary/aromatic N) is 3. The summed E-state index contributed by atoms with van der Waals surface area (Å²) in [6.45, 7) is 1.87. The number of benzene rings is 3. The molecule has 0 bridgehead atoms. The smallest absolute Gasteiger partial charge is 0.251 e. The molecule has 1 atom stereocenters. The number of halogens is 1. The molecular weight excluding hydrogens is 427 g/mol. The highest BCUT2D eigenvalue weighted by Crippen LogP contribution is 2.27. The third-order valence-corrected chi connectivity index (χ3v) is 5.99. The molecule has 0 aliphatic heterocycles. The number of pyridine rings is 1. The van der Waals surface area contributed by atoms with Crippen molar-refractivity contribution in [1.82, 2.24) is 19.9 Å². The molecule has 0 saturated heterocycles. The molecule has 0 spiro atoms. The standard InChI is InChI=1S/C28H23FN4O/c1-18(19-10-12-24(29)13-11-19)32-28(34)22-9-5-8-21(14-22)26-17-31-27(33(26)2)25-15-20-6-3-4-7-23(20)16-30-25/h3-18H,1-2H3,(H,32,34)/t18-/m1/s1. The highest BCUT2D eigenvalue weighted by Gasteiger charge is 2.15. The van der Waals surface area contributed by atoms with Crippen LogP contribution in [0.5, 0.6) is 0 Å². The van der Waals surface area contributed by atoms with Gasteiger partial charge in [0.1, 0.15) is 11.5 Å². The first-order chi connectivity index (χ1) is 16.5. The third kappa shape index (κ3) is 4.18. The maximum atomic E-state index is 13.2. The second kappa shape index (κ2) is 8.90. The lowest BCUT2D eigenvalue weighted by Crippen LogP contribution is -2.26. The van der Waals surface area contributed by atoms with Crippen LogP contribution in [0.3, 0.4) is 0 Å². The van der Waals surface area contributed by atoms with Crippen LogP contribution in [0, 0.1) is 5.82 Å². The lowest BCUT2D eigenvalue weighted by molar-refractivity contribution is 0.0940. The molecule has 3 aromatic carbocycles. The van der Waals surface area contributed by atoms with Gasteiger partial charge in [-0.2, -0.15) is 0 Å². The topological polar surface area (TPSA) is 59.8 Å². The van der Waals surface area contributed by atoms with Crippen molar-refractivity contribution in [3.63, 3.8) is 0 Å². The van der Waals surface area contributed by atoms with Crippen LogP contribution in [0.25, 0.3) is 33.5 Å². The Kier molecular flexibility index (Phi) is 5.64. The predicted molar refractivity (Wildman–Crippen MR) is 132 cm³/mol. The Morgan fingerprint density at radius 3 is 2.47 bits per heavy atom. The average Bonchev–Trinajstić information content (AvgIpc) is 3.25. The van der Waals surface area contributed by atoms with Gasteiger partial charge in [-0.05, 0) is 48.2 Å². The Balaban J connectivity index is 1.40. The molecule has 2 heterocycles. The van der Waals surface area contributed by atoms with Crippen LogP contribution < -0.4 is 5.32 Å². The number of fused-ring (bicyclic) bond motifs is 1. The van der Waals surface area contributed by atoms with E-state index in [1.807, 2.05) is 67.2 Å². The minimum absolute atomic E-state index is 0.197. The number of imidazole rings is 1. The normalized spacial score (nSPS) is 12.0. The van der Waals surface area contributed by atoms with E-state index < -0.39 is 0 Å². The van der Waals surface area contributed by atoms with Crippen molar-refractivity contribution in [2.24, 2.45) is 7.05 Å². The van der Waals surface area contributed by atoms with Crippen LogP contribution >= 0.6 is 0 Å². The molecule has 5 nitrogen and oxygen atoms in total. The molecule has 0 fully saturated rings. The first kappa shape index (κ1) is 21.5. The summed E-state index contributed by atoms with van der Waals surface area (Å²) < 4.78 is 15.2. The molecule has 34 heavy (non-hydrogen) atoms. The van der Waals surface area contributed by atoms with Gasteiger partial charge in [-0.15, -0.1) is 0 Å². The van der Waals surface area contributed by atoms with Gasteiger partial charge in [-0.1, -0.05) is 48.5 Å². The summed E-state index contributed by atoms with van der Waals surface area (Å²) in [5.41, 5.74) is 3.92. The zero-order valence-corrected chi connectivity index (χ0v) is 18.9. The molecule has 1 amide bonds. The number of rotatable bonds is 5. The number of hydrogen-bond donors (Lipinski definition) is 1. The van der Waals surface area contributed by atoms with Crippen molar-refractivity contribution in [3.8, 4) is 22.8 Å². The van der Waals surface area contributed by atoms with E-state index in [2.05, 4.69) is 21.4 Å². The molecule has 0 aliphatic rings. The molecule has 0 radical (unpaired) electrons. The summed E-state index contributed by atoms with van der Waals surface area (Å²) in [6.07, 6.45) is 3.65. The number of nitrogens with one attached hydrogen (secondary N) is 1. The largest absolute Gasteiger partial charge is 0.346 e. The van der Waals surface area contributed by atoms with Crippen LogP contribution in [0.4, 0.5) is 4.39 Å². The summed E-state index contributed by atoms with van der Waals surface area (Å²) >= 11 is 0. The monoisotopic (exact) mass is 450 g/mol. The SMILES string of the molecule is C[C@@H](NC(=O)c1cccc(-c2cnc(-c3cc4ccccc4cn3)n2C)c1)c1ccc(F)cc1. The van der Waals surface area contributed by atoms with E-state index in [1.54, 1.807) is 24.4 Å². The van der Waals surface area contributed by atoms with Gasteiger partial charge < -0.3 is 9.88 Å². The molecule has 1 N–H and O–H groups in total. The van der Waals surface area contributed by atoms with E-state index >= 15 is 0 Å². The molecule has 6 heteroatoms. The second-order valence-corrected chi connectivity index (χ2v) is 8.27. The van der Waals surface area contributed by atoms with E-state index in [0.717, 1.165) is 39.1 Å². The van der Waals surface area contributed by atoms with Crippen LogP contribution in [0.1, 0.15) is 28.9 Å². The highest BCUT2D eigenvalue weighted by atomic mass is 19.1. The van der Waals surface area contributed by atoms with Crippen molar-refractivity contribution >= 4 is 16.7 Å². The summed E-state index contributed by atoms with van der Waals surface area (Å²) in [5.74, 6) is 0.252. The van der Waals surface area contributed by atoms with E-state index in [9.17, 15) is 9.18 Å². The molecular formula is C28H23FN4O. The average molecular weight is 451 g/mol. The minimum Gasteiger partial charge on any atom is -0.346 e. The second-order valence-electron chi connectivity index (χ2n) is 8.27. The molecule has 0 saturated carbocycles. The van der Waals surface area contributed by atoms with E-state index in [0.29, 0.717) is 5.56 Å². The maximum absolute atomic E-state index is 13.2. The Morgan fingerprint density at radius 1 is 0.912 bits per heavy atom. The van der Waals surface area contributed by atoms with Crippen LogP contribution in [0.2, 0.25) is 0 Å². The number of aromatic nitrogens is 3. The van der Waals surface area contributed by atoms with Gasteiger partial charge >= 0.3 is 0 Å². The van der Waals surface area contributed by atoms with E-state index in [4.69, 9.17) is 0 Å². The number of carbonyl (C=O) groups is 1. The maximum Gasteiger partial charge on any atom is 0.251 e. The number of hydrogen-bond acceptors (Lipinski definition) is 3. The van der Waals surface area contributed by atoms with Crippen LogP contribution in [-0.4, -0.2) is 20.4 Å². The molecule has 0 aliphatic carbocycles. The Hall–Kier alpha value is -4.32.